The van der Waals surface area contributed by atoms with Crippen LogP contribution in [-0.4, -0.2) is 28.2 Å². The first-order valence-electron chi connectivity index (χ1n) is 2.69. The fourth-order valence-corrected chi connectivity index (χ4v) is 0.391. The van der Waals surface area contributed by atoms with Crippen LogP contribution in [0.2, 0.25) is 0 Å². The molecule has 0 aliphatic heterocycles. The number of aliphatic carboxylic acids is 2. The first kappa shape index (κ1) is 13.0. The van der Waals surface area contributed by atoms with Gasteiger partial charge in [-0.2, -0.15) is 0 Å². The van der Waals surface area contributed by atoms with Gasteiger partial charge in [-0.15, -0.1) is 0 Å². The molecule has 6 heteroatoms. The van der Waals surface area contributed by atoms with Crippen LogP contribution in [-0.2, 0) is 26.7 Å². The van der Waals surface area contributed by atoms with Gasteiger partial charge in [-0.1, -0.05) is 0 Å². The molecule has 11 heavy (non-hydrogen) atoms. The molecule has 68 valence electrons. The second-order valence-electron chi connectivity index (χ2n) is 1.82. The Balaban J connectivity index is 0. The van der Waals surface area contributed by atoms with Gasteiger partial charge in [-0.3, -0.25) is 9.59 Å². The summed E-state index contributed by atoms with van der Waals surface area (Å²) in [5.74, 6) is -2.35. The minimum atomic E-state index is -1.31. The Kier molecular flexibility index (Phi) is 7.29. The van der Waals surface area contributed by atoms with E-state index in [1.807, 2.05) is 0 Å². The average molecular weight is 210 g/mol. The van der Waals surface area contributed by atoms with Gasteiger partial charge in [0.1, 0.15) is 0 Å². The van der Waals surface area contributed by atoms with E-state index < -0.39 is 18.0 Å². The van der Waals surface area contributed by atoms with Crippen LogP contribution in [0, 0.1) is 0 Å². The van der Waals surface area contributed by atoms with Gasteiger partial charge in [0.2, 0.25) is 0 Å². The molecule has 0 aliphatic rings. The van der Waals surface area contributed by atoms with E-state index in [-0.39, 0.29) is 29.9 Å². The summed E-state index contributed by atoms with van der Waals surface area (Å²) in [6.07, 6.45) is -0.398. The number of hydrogen-bond acceptors (Lipinski definition) is 2. The minimum absolute atomic E-state index is 0. The second-order valence-corrected chi connectivity index (χ2v) is 1.82. The molecule has 0 spiro atoms. The van der Waals surface area contributed by atoms with Gasteiger partial charge in [0.15, 0.2) is 0 Å². The predicted molar refractivity (Wildman–Crippen MR) is 32.6 cm³/mol. The number of nitrogens with one attached hydrogen (secondary N) is 1. The Morgan fingerprint density at radius 3 is 2.09 bits per heavy atom. The molecule has 0 saturated carbocycles. The third kappa shape index (κ3) is 7.31. The van der Waals surface area contributed by atoms with E-state index in [9.17, 15) is 9.59 Å². The number of hydrogen-bond donors (Lipinski definition) is 2. The van der Waals surface area contributed by atoms with E-state index in [0.29, 0.717) is 0 Å². The van der Waals surface area contributed by atoms with Crippen molar-refractivity contribution in [3.63, 3.8) is 0 Å². The van der Waals surface area contributed by atoms with Crippen molar-refractivity contribution >= 4 is 11.9 Å². The average Bonchev–Trinajstić information content (AvgIpc) is 1.82. The molecule has 0 fully saturated rings. The predicted octanol–water partition coefficient (Wildman–Crippen LogP) is 0.354. The minimum Gasteiger partial charge on any atom is -0.665 e. The van der Waals surface area contributed by atoms with Crippen LogP contribution in [0.4, 0.5) is 0 Å². The van der Waals surface area contributed by atoms with Crippen LogP contribution in [0.1, 0.15) is 12.8 Å². The largest absolute Gasteiger partial charge is 1.00 e. The molecule has 0 aromatic heterocycles. The molecular formula is C5H8CuNO4. The van der Waals surface area contributed by atoms with Gasteiger partial charge in [0, 0.05) is 6.42 Å². The molecule has 0 aliphatic carbocycles. The third-order valence-electron chi connectivity index (χ3n) is 0.945. The standard InChI is InChI=1S/C5H8NO4.Cu/c6-3(5(9)10)1-2-4(7)8;/h3,6H,1-2H2,(H,7,8)(H,9,10);/q-1;+1. The van der Waals surface area contributed by atoms with Crippen LogP contribution in [0.3, 0.4) is 0 Å². The third-order valence-corrected chi connectivity index (χ3v) is 0.945. The second kappa shape index (κ2) is 6.15. The van der Waals surface area contributed by atoms with Crippen LogP contribution in [0.5, 0.6) is 0 Å². The van der Waals surface area contributed by atoms with Crippen LogP contribution in [0.25, 0.3) is 5.73 Å². The van der Waals surface area contributed by atoms with Crippen molar-refractivity contribution in [1.29, 1.82) is 0 Å². The van der Waals surface area contributed by atoms with E-state index in [2.05, 4.69) is 0 Å². The van der Waals surface area contributed by atoms with E-state index in [0.717, 1.165) is 0 Å². The van der Waals surface area contributed by atoms with Crippen molar-refractivity contribution in [3.05, 3.63) is 5.73 Å². The van der Waals surface area contributed by atoms with E-state index in [1.165, 1.54) is 0 Å². The quantitative estimate of drug-likeness (QED) is 0.653. The molecule has 0 amide bonds. The Hall–Kier alpha value is -0.581. The van der Waals surface area contributed by atoms with Crippen molar-refractivity contribution in [2.45, 2.75) is 18.9 Å². The number of carboxylic acids is 2. The molecule has 5 nitrogen and oxygen atoms in total. The van der Waals surface area contributed by atoms with Crippen molar-refractivity contribution in [3.8, 4) is 0 Å². The normalized spacial score (nSPS) is 11.4. The summed E-state index contributed by atoms with van der Waals surface area (Å²) in [6, 6.07) is -1.31. The number of rotatable bonds is 4. The molecule has 3 N–H and O–H groups in total. The van der Waals surface area contributed by atoms with Crippen molar-refractivity contribution in [1.82, 2.24) is 0 Å². The first-order valence-corrected chi connectivity index (χ1v) is 2.69. The van der Waals surface area contributed by atoms with Crippen LogP contribution in [0.15, 0.2) is 0 Å². The molecule has 0 bridgehead atoms. The van der Waals surface area contributed by atoms with Gasteiger partial charge in [-0.25, -0.2) is 0 Å². The van der Waals surface area contributed by atoms with Crippen LogP contribution >= 0.6 is 0 Å². The maximum absolute atomic E-state index is 9.93. The maximum atomic E-state index is 9.93. The summed E-state index contributed by atoms with van der Waals surface area (Å²) in [6.45, 7) is 0. The van der Waals surface area contributed by atoms with E-state index >= 15 is 0 Å². The summed E-state index contributed by atoms with van der Waals surface area (Å²) in [5, 5.41) is 16.2. The zero-order chi connectivity index (χ0) is 8.15. The zero-order valence-corrected chi connectivity index (χ0v) is 6.45. The summed E-state index contributed by atoms with van der Waals surface area (Å²) < 4.78 is 0. The van der Waals surface area contributed by atoms with Crippen molar-refractivity contribution in [2.24, 2.45) is 0 Å². The Morgan fingerprint density at radius 2 is 1.82 bits per heavy atom. The van der Waals surface area contributed by atoms with E-state index in [1.54, 1.807) is 0 Å². The molecule has 0 aromatic rings. The monoisotopic (exact) mass is 209 g/mol. The maximum Gasteiger partial charge on any atom is 1.00 e. The Labute approximate surface area is 74.0 Å². The molecule has 0 heterocycles. The van der Waals surface area contributed by atoms with Gasteiger partial charge in [-0.05, 0) is 12.5 Å². The molecule has 0 aromatic carbocycles. The summed E-state index contributed by atoms with van der Waals surface area (Å²) in [7, 11) is 0. The first-order chi connectivity index (χ1) is 4.54. The number of carbonyl (C=O) groups is 2. The van der Waals surface area contributed by atoms with Crippen molar-refractivity contribution in [2.75, 3.05) is 0 Å². The fraction of sp³-hybridized carbons (Fsp3) is 0.600. The number of carboxylic acid groups (broad SMARTS) is 2. The summed E-state index contributed by atoms with van der Waals surface area (Å²) in [5.41, 5.74) is 6.76. The molecule has 0 radical (unpaired) electrons. The summed E-state index contributed by atoms with van der Waals surface area (Å²) >= 11 is 0. The van der Waals surface area contributed by atoms with Gasteiger partial charge >= 0.3 is 23.0 Å². The molecule has 0 saturated heterocycles. The van der Waals surface area contributed by atoms with E-state index in [4.69, 9.17) is 15.9 Å². The molecule has 0 rings (SSSR count). The van der Waals surface area contributed by atoms with Gasteiger partial charge in [0.25, 0.3) is 5.97 Å². The van der Waals surface area contributed by atoms with Crippen LogP contribution < -0.4 is 0 Å². The molecule has 1 atom stereocenters. The Bertz CT molecular complexity index is 149. The van der Waals surface area contributed by atoms with Gasteiger partial charge < -0.3 is 15.9 Å². The topological polar surface area (TPSA) is 98.4 Å². The molecule has 1 unspecified atom stereocenters. The molecular weight excluding hydrogens is 202 g/mol. The smallest absolute Gasteiger partial charge is 0.665 e. The SMILES string of the molecule is [Cu+].[NH-]C(CCC(=O)O)C(=O)O. The Morgan fingerprint density at radius 1 is 1.36 bits per heavy atom. The van der Waals surface area contributed by atoms with Crippen molar-refractivity contribution < 1.29 is 36.9 Å². The fourth-order valence-electron chi connectivity index (χ4n) is 0.391. The zero-order valence-electron chi connectivity index (χ0n) is 5.50. The summed E-state index contributed by atoms with van der Waals surface area (Å²) in [4.78, 5) is 19.8. The van der Waals surface area contributed by atoms with Gasteiger partial charge in [0.05, 0.1) is 0 Å².